The maximum atomic E-state index is 13.3. The zero-order valence-corrected chi connectivity index (χ0v) is 19.0. The van der Waals surface area contributed by atoms with E-state index >= 15 is 0 Å². The molecule has 1 aliphatic heterocycles. The summed E-state index contributed by atoms with van der Waals surface area (Å²) in [4.78, 5) is 34.7. The van der Waals surface area contributed by atoms with Crippen LogP contribution < -0.4 is 5.32 Å². The molecular formula is C23H32N4O2S. The van der Waals surface area contributed by atoms with Crippen LogP contribution in [0.15, 0.2) is 35.7 Å². The van der Waals surface area contributed by atoms with E-state index in [1.54, 1.807) is 16.2 Å². The third-order valence-corrected chi connectivity index (χ3v) is 6.45. The molecule has 1 aliphatic rings. The molecule has 1 saturated heterocycles. The molecule has 0 saturated carbocycles. The van der Waals surface area contributed by atoms with Gasteiger partial charge in [0.2, 0.25) is 11.8 Å². The van der Waals surface area contributed by atoms with E-state index in [0.29, 0.717) is 6.54 Å². The smallest absolute Gasteiger partial charge is 0.246 e. The molecule has 0 aliphatic carbocycles. The van der Waals surface area contributed by atoms with Crippen molar-refractivity contribution in [2.75, 3.05) is 25.0 Å². The molecule has 1 aromatic heterocycles. The van der Waals surface area contributed by atoms with Gasteiger partial charge in [-0.25, -0.2) is 4.98 Å². The number of hydrogen-bond donors (Lipinski definition) is 1. The van der Waals surface area contributed by atoms with E-state index in [2.05, 4.69) is 20.6 Å². The number of benzene rings is 1. The van der Waals surface area contributed by atoms with Gasteiger partial charge in [-0.3, -0.25) is 14.5 Å². The Balaban J connectivity index is 1.56. The molecule has 1 unspecified atom stereocenters. The van der Waals surface area contributed by atoms with Gasteiger partial charge in [0.25, 0.3) is 0 Å². The molecule has 0 spiro atoms. The van der Waals surface area contributed by atoms with Crippen molar-refractivity contribution in [1.29, 1.82) is 0 Å². The predicted molar refractivity (Wildman–Crippen MR) is 121 cm³/mol. The molecule has 30 heavy (non-hydrogen) atoms. The minimum atomic E-state index is -0.492. The number of nitrogens with one attached hydrogen (secondary N) is 1. The van der Waals surface area contributed by atoms with Crippen molar-refractivity contribution in [2.45, 2.75) is 52.6 Å². The summed E-state index contributed by atoms with van der Waals surface area (Å²) in [6.45, 7) is 9.11. The van der Waals surface area contributed by atoms with Gasteiger partial charge in [0.15, 0.2) is 0 Å². The van der Waals surface area contributed by atoms with E-state index < -0.39 is 6.04 Å². The topological polar surface area (TPSA) is 65.5 Å². The van der Waals surface area contributed by atoms with Crippen molar-refractivity contribution in [3.8, 4) is 0 Å². The normalized spacial score (nSPS) is 16.2. The predicted octanol–water partition coefficient (Wildman–Crippen LogP) is 3.93. The van der Waals surface area contributed by atoms with Crippen molar-refractivity contribution in [3.63, 3.8) is 0 Å². The number of anilines is 1. The van der Waals surface area contributed by atoms with Gasteiger partial charge < -0.3 is 10.2 Å². The number of aryl methyl sites for hydroxylation is 1. The highest BCUT2D eigenvalue weighted by Crippen LogP contribution is 2.23. The number of carbonyl (C=O) groups excluding carboxylic acids is 2. The maximum absolute atomic E-state index is 13.3. The Kier molecular flexibility index (Phi) is 7.99. The first-order valence-electron chi connectivity index (χ1n) is 10.8. The summed E-state index contributed by atoms with van der Waals surface area (Å²) < 4.78 is 0. The summed E-state index contributed by atoms with van der Waals surface area (Å²) in [5.41, 5.74) is 1.87. The van der Waals surface area contributed by atoms with Crippen LogP contribution in [0.1, 0.15) is 43.8 Å². The number of amides is 2. The number of aromatic nitrogens is 1. The van der Waals surface area contributed by atoms with Crippen molar-refractivity contribution < 1.29 is 9.59 Å². The van der Waals surface area contributed by atoms with Crippen molar-refractivity contribution >= 4 is 28.8 Å². The Morgan fingerprint density at radius 3 is 2.57 bits per heavy atom. The van der Waals surface area contributed by atoms with Crippen LogP contribution in [-0.4, -0.2) is 52.3 Å². The van der Waals surface area contributed by atoms with E-state index in [-0.39, 0.29) is 17.7 Å². The molecule has 2 heterocycles. The number of nitrogens with zero attached hydrogens (tertiary/aromatic N) is 3. The van der Waals surface area contributed by atoms with Crippen molar-refractivity contribution in [1.82, 2.24) is 14.8 Å². The average Bonchev–Trinajstić information content (AvgIpc) is 3.17. The van der Waals surface area contributed by atoms with Gasteiger partial charge in [-0.1, -0.05) is 25.1 Å². The number of carbonyl (C=O) groups is 2. The van der Waals surface area contributed by atoms with Crippen molar-refractivity contribution in [3.05, 3.63) is 46.4 Å². The fourth-order valence-electron chi connectivity index (χ4n) is 3.93. The molecule has 2 amide bonds. The molecule has 0 bridgehead atoms. The van der Waals surface area contributed by atoms with E-state index in [9.17, 15) is 9.59 Å². The molecular weight excluding hydrogens is 396 g/mol. The highest BCUT2D eigenvalue weighted by molar-refractivity contribution is 7.09. The lowest BCUT2D eigenvalue weighted by Crippen LogP contribution is -2.50. The number of likely N-dealkylation sites (tertiary alicyclic amines) is 1. The second-order valence-corrected chi connectivity index (χ2v) is 9.03. The van der Waals surface area contributed by atoms with Crippen molar-refractivity contribution in [2.24, 2.45) is 5.92 Å². The molecule has 1 atom stereocenters. The second-order valence-electron chi connectivity index (χ2n) is 7.97. The Hall–Kier alpha value is -2.25. The number of para-hydroxylation sites is 1. The van der Waals surface area contributed by atoms with Gasteiger partial charge in [-0.05, 0) is 58.3 Å². The molecule has 7 heteroatoms. The summed E-state index contributed by atoms with van der Waals surface area (Å²) in [5.74, 6) is -0.0482. The maximum Gasteiger partial charge on any atom is 0.246 e. The van der Waals surface area contributed by atoms with E-state index in [1.807, 2.05) is 51.1 Å². The molecule has 3 rings (SSSR count). The Labute approximate surface area is 183 Å². The van der Waals surface area contributed by atoms with Gasteiger partial charge in [-0.15, -0.1) is 11.3 Å². The first kappa shape index (κ1) is 22.4. The summed E-state index contributed by atoms with van der Waals surface area (Å²) in [6.07, 6.45) is 2.49. The fraction of sp³-hybridized carbons (Fsp3) is 0.522. The highest BCUT2D eigenvalue weighted by atomic mass is 32.1. The molecule has 162 valence electrons. The monoisotopic (exact) mass is 428 g/mol. The van der Waals surface area contributed by atoms with Crippen LogP contribution in [0.3, 0.4) is 0 Å². The lowest BCUT2D eigenvalue weighted by molar-refractivity contribution is -0.143. The van der Waals surface area contributed by atoms with Gasteiger partial charge in [0.05, 0.1) is 10.7 Å². The molecule has 1 aromatic carbocycles. The minimum Gasteiger partial charge on any atom is -0.331 e. The summed E-state index contributed by atoms with van der Waals surface area (Å²) >= 11 is 1.68. The highest BCUT2D eigenvalue weighted by Gasteiger charge is 2.32. The van der Waals surface area contributed by atoms with Gasteiger partial charge in [-0.2, -0.15) is 0 Å². The summed E-state index contributed by atoms with van der Waals surface area (Å²) in [6, 6.07) is 8.90. The Morgan fingerprint density at radius 2 is 1.97 bits per heavy atom. The van der Waals surface area contributed by atoms with Crippen LogP contribution in [-0.2, 0) is 16.1 Å². The molecule has 0 radical (unpaired) electrons. The number of rotatable bonds is 8. The third kappa shape index (κ3) is 5.89. The standard InChI is InChI=1S/C23H32N4O2S/c1-4-12-27(17(2)22(28)25-20-8-6-5-7-9-20)23(29)19-10-13-26(14-11-19)15-21-16-30-18(3)24-21/h5-9,16-17,19H,4,10-15H2,1-3H3,(H,25,28). The van der Waals surface area contributed by atoms with E-state index in [1.165, 1.54) is 0 Å². The van der Waals surface area contributed by atoms with E-state index in [4.69, 9.17) is 0 Å². The molecule has 2 aromatic rings. The van der Waals surface area contributed by atoms with Crippen LogP contribution in [0.5, 0.6) is 0 Å². The Morgan fingerprint density at radius 1 is 1.27 bits per heavy atom. The quantitative estimate of drug-likeness (QED) is 0.692. The number of thiazole rings is 1. The SMILES string of the molecule is CCCN(C(=O)C1CCN(Cc2csc(C)n2)CC1)C(C)C(=O)Nc1ccccc1. The lowest BCUT2D eigenvalue weighted by Gasteiger charge is -2.36. The van der Waals surface area contributed by atoms with Crippen LogP contribution in [0.4, 0.5) is 5.69 Å². The lowest BCUT2D eigenvalue weighted by atomic mass is 9.94. The zero-order valence-electron chi connectivity index (χ0n) is 18.1. The first-order chi connectivity index (χ1) is 14.5. The zero-order chi connectivity index (χ0) is 21.5. The summed E-state index contributed by atoms with van der Waals surface area (Å²) in [5, 5.41) is 6.13. The van der Waals surface area contributed by atoms with E-state index in [0.717, 1.165) is 55.3 Å². The van der Waals surface area contributed by atoms with Gasteiger partial charge >= 0.3 is 0 Å². The van der Waals surface area contributed by atoms with Crippen LogP contribution in [0.25, 0.3) is 0 Å². The van der Waals surface area contributed by atoms with Gasteiger partial charge in [0, 0.05) is 30.1 Å². The molecule has 6 nitrogen and oxygen atoms in total. The van der Waals surface area contributed by atoms with Crippen LogP contribution in [0.2, 0.25) is 0 Å². The molecule has 1 N–H and O–H groups in total. The third-order valence-electron chi connectivity index (χ3n) is 5.62. The fourth-order valence-corrected chi connectivity index (χ4v) is 4.53. The largest absolute Gasteiger partial charge is 0.331 e. The second kappa shape index (κ2) is 10.7. The van der Waals surface area contributed by atoms with Crippen LogP contribution in [0, 0.1) is 12.8 Å². The number of hydrogen-bond acceptors (Lipinski definition) is 5. The average molecular weight is 429 g/mol. The Bertz CT molecular complexity index is 831. The number of piperidine rings is 1. The van der Waals surface area contributed by atoms with Crippen LogP contribution >= 0.6 is 11.3 Å². The van der Waals surface area contributed by atoms with Gasteiger partial charge in [0.1, 0.15) is 6.04 Å². The minimum absolute atomic E-state index is 0.0167. The summed E-state index contributed by atoms with van der Waals surface area (Å²) in [7, 11) is 0. The molecule has 1 fully saturated rings. The first-order valence-corrected chi connectivity index (χ1v) is 11.7.